The van der Waals surface area contributed by atoms with Gasteiger partial charge in [-0.2, -0.15) is 5.26 Å². The lowest BCUT2D eigenvalue weighted by atomic mass is 9.68. The fourth-order valence-electron chi connectivity index (χ4n) is 4.95. The van der Waals surface area contributed by atoms with Crippen molar-refractivity contribution in [1.82, 2.24) is 10.2 Å². The van der Waals surface area contributed by atoms with Crippen molar-refractivity contribution in [2.75, 3.05) is 32.8 Å². The fraction of sp³-hybridized carbons (Fsp3) is 0.517. The number of carboxylic acid groups (broad SMARTS) is 1. The largest absolute Gasteiger partial charge is 0.493 e. The van der Waals surface area contributed by atoms with E-state index in [-0.39, 0.29) is 5.41 Å². The first kappa shape index (κ1) is 25.2. The summed E-state index contributed by atoms with van der Waals surface area (Å²) in [6, 6.07) is 22.2. The number of piperidine rings is 1. The molecule has 3 fully saturated rings. The number of likely N-dealkylation sites (tertiary alicyclic amines) is 1. The zero-order valence-corrected chi connectivity index (χ0v) is 20.5. The van der Waals surface area contributed by atoms with E-state index in [2.05, 4.69) is 16.3 Å². The molecule has 2 aliphatic carbocycles. The van der Waals surface area contributed by atoms with Crippen LogP contribution >= 0.6 is 0 Å². The summed E-state index contributed by atoms with van der Waals surface area (Å²) in [5, 5.41) is 22.4. The number of carbonyl (C=O) groups is 1. The molecule has 0 aromatic heterocycles. The molecule has 0 amide bonds. The summed E-state index contributed by atoms with van der Waals surface area (Å²) in [4.78, 5) is 14.1. The molecule has 2 N–H and O–H groups in total. The lowest BCUT2D eigenvalue weighted by Gasteiger charge is -2.46. The number of rotatable bonds is 9. The van der Waals surface area contributed by atoms with E-state index in [0.717, 1.165) is 57.5 Å². The summed E-state index contributed by atoms with van der Waals surface area (Å²) < 4.78 is 6.15. The molecule has 1 heterocycles. The number of nitriles is 1. The van der Waals surface area contributed by atoms with Crippen molar-refractivity contribution in [2.45, 2.75) is 51.0 Å². The molecule has 186 valence electrons. The van der Waals surface area contributed by atoms with Crippen LogP contribution in [-0.4, -0.2) is 54.8 Å². The van der Waals surface area contributed by atoms with Crippen LogP contribution < -0.4 is 10.1 Å². The van der Waals surface area contributed by atoms with Gasteiger partial charge in [0.05, 0.1) is 23.7 Å². The molecule has 3 aliphatic rings. The molecule has 2 aromatic rings. The Labute approximate surface area is 208 Å². The van der Waals surface area contributed by atoms with E-state index in [1.165, 1.54) is 12.8 Å². The molecule has 0 radical (unpaired) electrons. The van der Waals surface area contributed by atoms with Crippen molar-refractivity contribution < 1.29 is 14.6 Å². The predicted molar refractivity (Wildman–Crippen MR) is 136 cm³/mol. The van der Waals surface area contributed by atoms with Crippen molar-refractivity contribution in [2.24, 2.45) is 10.8 Å². The van der Waals surface area contributed by atoms with Crippen molar-refractivity contribution in [3.05, 3.63) is 66.2 Å². The Balaban J connectivity index is 0.000000421. The molecule has 2 aromatic carbocycles. The smallest absolute Gasteiger partial charge is 0.310 e. The molecule has 1 aliphatic heterocycles. The van der Waals surface area contributed by atoms with Crippen LogP contribution in [0.4, 0.5) is 0 Å². The van der Waals surface area contributed by atoms with Gasteiger partial charge in [0.25, 0.3) is 0 Å². The van der Waals surface area contributed by atoms with Gasteiger partial charge in [0.2, 0.25) is 0 Å². The van der Waals surface area contributed by atoms with Crippen LogP contribution in [0.25, 0.3) is 0 Å². The zero-order valence-electron chi connectivity index (χ0n) is 20.5. The molecular formula is C29H37N3O3. The molecule has 1 saturated heterocycles. The summed E-state index contributed by atoms with van der Waals surface area (Å²) in [6.45, 7) is 4.08. The molecule has 6 nitrogen and oxygen atoms in total. The number of nitrogens with one attached hydrogen (secondary N) is 1. The van der Waals surface area contributed by atoms with Crippen molar-refractivity contribution in [3.63, 3.8) is 0 Å². The van der Waals surface area contributed by atoms with Crippen LogP contribution in [-0.2, 0) is 4.79 Å². The number of nitrogens with zero attached hydrogens (tertiary/aromatic N) is 2. The Bertz CT molecular complexity index is 961. The number of ether oxygens (including phenoxy) is 1. The third-order valence-electron chi connectivity index (χ3n) is 7.73. The Morgan fingerprint density at radius 1 is 1.06 bits per heavy atom. The van der Waals surface area contributed by atoms with E-state index < -0.39 is 11.4 Å². The highest BCUT2D eigenvalue weighted by Gasteiger charge is 2.47. The minimum absolute atomic E-state index is 0.0533. The van der Waals surface area contributed by atoms with E-state index in [9.17, 15) is 9.90 Å². The SMILES string of the molecule is N#Cc1cccc(OCC2(CNC3CC3)CCN(CC3(C(=O)O)CCC3)CC2)c1.c1ccccc1. The summed E-state index contributed by atoms with van der Waals surface area (Å²) in [6.07, 6.45) is 7.17. The van der Waals surface area contributed by atoms with Crippen LogP contribution in [0.5, 0.6) is 5.75 Å². The maximum Gasteiger partial charge on any atom is 0.310 e. The van der Waals surface area contributed by atoms with Gasteiger partial charge in [0, 0.05) is 24.5 Å². The van der Waals surface area contributed by atoms with Gasteiger partial charge in [-0.15, -0.1) is 0 Å². The van der Waals surface area contributed by atoms with Crippen molar-refractivity contribution >= 4 is 5.97 Å². The normalized spacial score (nSPS) is 20.4. The number of hydrogen-bond acceptors (Lipinski definition) is 5. The Kier molecular flexibility index (Phi) is 8.43. The summed E-state index contributed by atoms with van der Waals surface area (Å²) in [5.41, 5.74) is 0.153. The first-order chi connectivity index (χ1) is 17.0. The van der Waals surface area contributed by atoms with Gasteiger partial charge in [-0.3, -0.25) is 4.79 Å². The van der Waals surface area contributed by atoms with Crippen molar-refractivity contribution in [3.8, 4) is 11.8 Å². The number of aliphatic carboxylic acids is 1. The molecule has 0 unspecified atom stereocenters. The summed E-state index contributed by atoms with van der Waals surface area (Å²) in [7, 11) is 0. The Morgan fingerprint density at radius 2 is 1.71 bits per heavy atom. The van der Waals surface area contributed by atoms with E-state index in [1.54, 1.807) is 12.1 Å². The molecular weight excluding hydrogens is 438 g/mol. The Hall–Kier alpha value is -2.88. The van der Waals surface area contributed by atoms with E-state index in [0.29, 0.717) is 24.8 Å². The molecule has 0 atom stereocenters. The highest BCUT2D eigenvalue weighted by atomic mass is 16.5. The monoisotopic (exact) mass is 475 g/mol. The van der Waals surface area contributed by atoms with Gasteiger partial charge in [-0.1, -0.05) is 48.9 Å². The van der Waals surface area contributed by atoms with Gasteiger partial charge in [0.1, 0.15) is 5.75 Å². The van der Waals surface area contributed by atoms with Crippen LogP contribution in [0.1, 0.15) is 50.5 Å². The number of carboxylic acids is 1. The predicted octanol–water partition coefficient (Wildman–Crippen LogP) is 4.71. The average Bonchev–Trinajstić information content (AvgIpc) is 3.71. The van der Waals surface area contributed by atoms with E-state index in [4.69, 9.17) is 10.00 Å². The topological polar surface area (TPSA) is 85.6 Å². The second-order valence-electron chi connectivity index (χ2n) is 10.5. The third kappa shape index (κ3) is 7.06. The average molecular weight is 476 g/mol. The molecule has 35 heavy (non-hydrogen) atoms. The lowest BCUT2D eigenvalue weighted by Crippen LogP contribution is -2.53. The first-order valence-corrected chi connectivity index (χ1v) is 12.8. The molecule has 0 bridgehead atoms. The van der Waals surface area contributed by atoms with Crippen LogP contribution in [0.3, 0.4) is 0 Å². The maximum atomic E-state index is 11.7. The van der Waals surface area contributed by atoms with Crippen LogP contribution in [0.2, 0.25) is 0 Å². The standard InChI is InChI=1S/C23H31N3O3.C6H6/c24-14-18-3-1-4-20(13-18)29-17-22(15-25-19-5-6-19)9-11-26(12-10-22)16-23(21(27)28)7-2-8-23;1-2-4-6-5-3-1/h1,3-4,13,19,25H,2,5-12,15-17H2,(H,27,28);1-6H. The summed E-state index contributed by atoms with van der Waals surface area (Å²) >= 11 is 0. The van der Waals surface area contributed by atoms with E-state index >= 15 is 0 Å². The zero-order chi connectivity index (χ0) is 24.6. The maximum absolute atomic E-state index is 11.7. The van der Waals surface area contributed by atoms with Gasteiger partial charge < -0.3 is 20.1 Å². The summed E-state index contributed by atoms with van der Waals surface area (Å²) in [5.74, 6) is 0.119. The minimum atomic E-state index is -0.628. The second-order valence-corrected chi connectivity index (χ2v) is 10.5. The molecule has 6 heteroatoms. The molecule has 2 saturated carbocycles. The van der Waals surface area contributed by atoms with Crippen LogP contribution in [0.15, 0.2) is 60.7 Å². The second kappa shape index (κ2) is 11.7. The minimum Gasteiger partial charge on any atom is -0.493 e. The van der Waals surface area contributed by atoms with Crippen LogP contribution in [0, 0.1) is 22.2 Å². The van der Waals surface area contributed by atoms with Gasteiger partial charge >= 0.3 is 5.97 Å². The lowest BCUT2D eigenvalue weighted by molar-refractivity contribution is -0.156. The number of hydrogen-bond donors (Lipinski definition) is 2. The number of benzene rings is 2. The van der Waals surface area contributed by atoms with Crippen molar-refractivity contribution in [1.29, 1.82) is 5.26 Å². The molecule has 0 spiro atoms. The highest BCUT2D eigenvalue weighted by molar-refractivity contribution is 5.76. The quantitative estimate of drug-likeness (QED) is 0.546. The first-order valence-electron chi connectivity index (χ1n) is 12.8. The third-order valence-corrected chi connectivity index (χ3v) is 7.73. The Morgan fingerprint density at radius 3 is 2.23 bits per heavy atom. The molecule has 5 rings (SSSR count). The van der Waals surface area contributed by atoms with E-state index in [1.807, 2.05) is 48.5 Å². The van der Waals surface area contributed by atoms with Gasteiger partial charge in [0.15, 0.2) is 0 Å². The van der Waals surface area contributed by atoms with Gasteiger partial charge in [-0.05, 0) is 69.8 Å². The van der Waals surface area contributed by atoms with Gasteiger partial charge in [-0.25, -0.2) is 0 Å². The highest BCUT2D eigenvalue weighted by Crippen LogP contribution is 2.43. The fourth-order valence-corrected chi connectivity index (χ4v) is 4.95.